The van der Waals surface area contributed by atoms with Crippen LogP contribution in [0.5, 0.6) is 0 Å². The highest BCUT2D eigenvalue weighted by atomic mass is 15.0. The summed E-state index contributed by atoms with van der Waals surface area (Å²) in [6.45, 7) is 5.81. The average Bonchev–Trinajstić information content (AvgIpc) is 2.66. The van der Waals surface area contributed by atoms with Crippen molar-refractivity contribution in [1.29, 1.82) is 0 Å². The molecule has 1 aliphatic rings. The van der Waals surface area contributed by atoms with Crippen LogP contribution < -0.4 is 5.32 Å². The number of pyridine rings is 1. The van der Waals surface area contributed by atoms with Gasteiger partial charge in [-0.1, -0.05) is 13.8 Å². The van der Waals surface area contributed by atoms with Gasteiger partial charge in [-0.2, -0.15) is 0 Å². The quantitative estimate of drug-likeness (QED) is 0.840. The van der Waals surface area contributed by atoms with Crippen LogP contribution in [-0.2, 0) is 6.42 Å². The predicted octanol–water partition coefficient (Wildman–Crippen LogP) is 2.79. The van der Waals surface area contributed by atoms with E-state index in [-0.39, 0.29) is 0 Å². The summed E-state index contributed by atoms with van der Waals surface area (Å²) >= 11 is 0. The Labute approximate surface area is 98.5 Å². The van der Waals surface area contributed by atoms with Crippen LogP contribution in [0.25, 0.3) is 0 Å². The third-order valence-electron chi connectivity index (χ3n) is 3.42. The molecule has 2 heterocycles. The van der Waals surface area contributed by atoms with Gasteiger partial charge < -0.3 is 5.32 Å². The van der Waals surface area contributed by atoms with Crippen molar-refractivity contribution in [1.82, 2.24) is 10.3 Å². The Morgan fingerprint density at radius 1 is 1.38 bits per heavy atom. The first-order valence-corrected chi connectivity index (χ1v) is 6.34. The van der Waals surface area contributed by atoms with Gasteiger partial charge in [0.1, 0.15) is 0 Å². The third-order valence-corrected chi connectivity index (χ3v) is 3.42. The van der Waals surface area contributed by atoms with Gasteiger partial charge in [-0.05, 0) is 55.8 Å². The number of hydrogen-bond donors (Lipinski definition) is 1. The molecule has 0 radical (unpaired) electrons. The summed E-state index contributed by atoms with van der Waals surface area (Å²) in [5.41, 5.74) is 1.75. The zero-order chi connectivity index (χ0) is 11.4. The highest BCUT2D eigenvalue weighted by Crippen LogP contribution is 2.30. The fraction of sp³-hybridized carbons (Fsp3) is 0.643. The van der Waals surface area contributed by atoms with Crippen LogP contribution >= 0.6 is 0 Å². The molecule has 1 aromatic rings. The summed E-state index contributed by atoms with van der Waals surface area (Å²) in [6.07, 6.45) is 8.84. The highest BCUT2D eigenvalue weighted by molar-refractivity contribution is 5.15. The fourth-order valence-electron chi connectivity index (χ4n) is 2.94. The lowest BCUT2D eigenvalue weighted by Crippen LogP contribution is -2.43. The molecule has 0 saturated carbocycles. The number of rotatable bonds is 4. The molecular formula is C14H22N2. The molecule has 2 heteroatoms. The van der Waals surface area contributed by atoms with E-state index in [9.17, 15) is 0 Å². The zero-order valence-electron chi connectivity index (χ0n) is 10.4. The Morgan fingerprint density at radius 3 is 2.69 bits per heavy atom. The van der Waals surface area contributed by atoms with Crippen LogP contribution in [0.4, 0.5) is 0 Å². The molecule has 1 aromatic heterocycles. The smallest absolute Gasteiger partial charge is 0.0270 e. The van der Waals surface area contributed by atoms with E-state index in [1.165, 1.54) is 31.4 Å². The molecule has 0 aromatic carbocycles. The summed E-state index contributed by atoms with van der Waals surface area (Å²) in [4.78, 5) is 4.08. The molecule has 1 aliphatic heterocycles. The Morgan fingerprint density at radius 2 is 2.12 bits per heavy atom. The van der Waals surface area contributed by atoms with Crippen LogP contribution in [0.1, 0.15) is 38.7 Å². The van der Waals surface area contributed by atoms with Gasteiger partial charge in [-0.3, -0.25) is 4.98 Å². The van der Waals surface area contributed by atoms with Crippen molar-refractivity contribution < 1.29 is 0 Å². The number of aromatic nitrogens is 1. The van der Waals surface area contributed by atoms with Gasteiger partial charge in [-0.15, -0.1) is 0 Å². The summed E-state index contributed by atoms with van der Waals surface area (Å²) in [5.74, 6) is 0.757. The van der Waals surface area contributed by atoms with E-state index < -0.39 is 0 Å². The normalized spacial score (nSPS) is 25.2. The molecule has 0 aliphatic carbocycles. The lowest BCUT2D eigenvalue weighted by Gasteiger charge is -2.31. The van der Waals surface area contributed by atoms with Crippen LogP contribution in [0.15, 0.2) is 24.5 Å². The lowest BCUT2D eigenvalue weighted by molar-refractivity contribution is 0.301. The molecule has 0 amide bonds. The second-order valence-corrected chi connectivity index (χ2v) is 5.44. The highest BCUT2D eigenvalue weighted by Gasteiger charge is 2.33. The topological polar surface area (TPSA) is 24.9 Å². The molecule has 1 saturated heterocycles. The maximum Gasteiger partial charge on any atom is 0.0270 e. The molecule has 16 heavy (non-hydrogen) atoms. The molecular weight excluding hydrogens is 196 g/mol. The van der Waals surface area contributed by atoms with E-state index in [1.807, 2.05) is 12.4 Å². The van der Waals surface area contributed by atoms with E-state index in [1.54, 1.807) is 0 Å². The maximum atomic E-state index is 4.08. The molecule has 0 spiro atoms. The summed E-state index contributed by atoms with van der Waals surface area (Å²) in [6, 6.07) is 4.28. The van der Waals surface area contributed by atoms with Crippen LogP contribution in [0.3, 0.4) is 0 Å². The minimum atomic E-state index is 0.343. The molecule has 2 rings (SSSR count). The van der Waals surface area contributed by atoms with Gasteiger partial charge in [0, 0.05) is 17.9 Å². The average molecular weight is 218 g/mol. The van der Waals surface area contributed by atoms with Crippen molar-refractivity contribution in [3.63, 3.8) is 0 Å². The molecule has 88 valence electrons. The van der Waals surface area contributed by atoms with Gasteiger partial charge in [-0.25, -0.2) is 0 Å². The van der Waals surface area contributed by atoms with Gasteiger partial charge in [0.2, 0.25) is 0 Å². The van der Waals surface area contributed by atoms with E-state index in [2.05, 4.69) is 36.3 Å². The van der Waals surface area contributed by atoms with Crippen molar-refractivity contribution >= 4 is 0 Å². The van der Waals surface area contributed by atoms with Gasteiger partial charge in [0.25, 0.3) is 0 Å². The number of nitrogens with one attached hydrogen (secondary N) is 1. The number of hydrogen-bond acceptors (Lipinski definition) is 2. The monoisotopic (exact) mass is 218 g/mol. The number of nitrogens with zero attached hydrogens (tertiary/aromatic N) is 1. The minimum absolute atomic E-state index is 0.343. The summed E-state index contributed by atoms with van der Waals surface area (Å²) in [7, 11) is 0. The van der Waals surface area contributed by atoms with Crippen LogP contribution in [-0.4, -0.2) is 17.1 Å². The predicted molar refractivity (Wildman–Crippen MR) is 67.4 cm³/mol. The third kappa shape index (κ3) is 2.82. The Bertz CT molecular complexity index is 313. The van der Waals surface area contributed by atoms with Crippen LogP contribution in [0, 0.1) is 5.92 Å². The molecule has 0 bridgehead atoms. The van der Waals surface area contributed by atoms with Crippen molar-refractivity contribution in [2.75, 3.05) is 6.54 Å². The first kappa shape index (κ1) is 11.6. The Hall–Kier alpha value is -0.890. The van der Waals surface area contributed by atoms with Crippen molar-refractivity contribution in [2.24, 2.45) is 5.92 Å². The van der Waals surface area contributed by atoms with E-state index in [4.69, 9.17) is 0 Å². The van der Waals surface area contributed by atoms with Gasteiger partial charge in [0.15, 0.2) is 0 Å². The maximum absolute atomic E-state index is 4.08. The molecule has 1 atom stereocenters. The molecule has 1 N–H and O–H groups in total. The zero-order valence-corrected chi connectivity index (χ0v) is 10.4. The minimum Gasteiger partial charge on any atom is -0.311 e. The van der Waals surface area contributed by atoms with Crippen LogP contribution in [0.2, 0.25) is 0 Å². The second-order valence-electron chi connectivity index (χ2n) is 5.44. The SMILES string of the molecule is CC(C)CC1(Cc2ccncc2)CCCN1. The second kappa shape index (κ2) is 4.96. The summed E-state index contributed by atoms with van der Waals surface area (Å²) in [5, 5.41) is 3.73. The van der Waals surface area contributed by atoms with Crippen molar-refractivity contribution in [2.45, 2.75) is 45.1 Å². The molecule has 1 fully saturated rings. The standard InChI is InChI=1S/C14H22N2/c1-12(2)10-14(6-3-7-16-14)11-13-4-8-15-9-5-13/h4-5,8-9,12,16H,3,6-7,10-11H2,1-2H3. The van der Waals surface area contributed by atoms with E-state index in [0.29, 0.717) is 5.54 Å². The lowest BCUT2D eigenvalue weighted by atomic mass is 9.82. The fourth-order valence-corrected chi connectivity index (χ4v) is 2.94. The van der Waals surface area contributed by atoms with Gasteiger partial charge in [0.05, 0.1) is 0 Å². The largest absolute Gasteiger partial charge is 0.311 e. The van der Waals surface area contributed by atoms with Gasteiger partial charge >= 0.3 is 0 Å². The molecule has 2 nitrogen and oxygen atoms in total. The van der Waals surface area contributed by atoms with Crippen molar-refractivity contribution in [3.05, 3.63) is 30.1 Å². The Kier molecular flexibility index (Phi) is 3.59. The van der Waals surface area contributed by atoms with E-state index in [0.717, 1.165) is 12.3 Å². The summed E-state index contributed by atoms with van der Waals surface area (Å²) < 4.78 is 0. The molecule has 1 unspecified atom stereocenters. The Balaban J connectivity index is 2.08. The van der Waals surface area contributed by atoms with E-state index >= 15 is 0 Å². The first-order valence-electron chi connectivity index (χ1n) is 6.34. The first-order chi connectivity index (χ1) is 7.70. The van der Waals surface area contributed by atoms with Crippen molar-refractivity contribution in [3.8, 4) is 0 Å².